The van der Waals surface area contributed by atoms with Crippen molar-refractivity contribution in [3.8, 4) is 34.0 Å². The molecule has 0 spiro atoms. The first-order chi connectivity index (χ1) is 15.1. The van der Waals surface area contributed by atoms with E-state index in [-0.39, 0.29) is 11.8 Å². The molecule has 3 heterocycles. The maximum atomic E-state index is 14.6. The second-order valence-corrected chi connectivity index (χ2v) is 8.04. The van der Waals surface area contributed by atoms with Crippen LogP contribution in [0.4, 0.5) is 4.39 Å². The van der Waals surface area contributed by atoms with Crippen molar-refractivity contribution in [1.82, 2.24) is 20.5 Å². The van der Waals surface area contributed by atoms with Gasteiger partial charge in [-0.05, 0) is 66.3 Å². The zero-order valence-corrected chi connectivity index (χ0v) is 17.1. The minimum Gasteiger partial charge on any atom is -0.507 e. The normalized spacial score (nSPS) is 23.8. The first kappa shape index (κ1) is 19.6. The molecule has 2 aromatic carbocycles. The van der Waals surface area contributed by atoms with Crippen molar-refractivity contribution < 1.29 is 14.2 Å². The maximum absolute atomic E-state index is 14.6. The molecule has 2 N–H and O–H groups in total. The van der Waals surface area contributed by atoms with Crippen LogP contribution in [-0.4, -0.2) is 45.7 Å². The second kappa shape index (κ2) is 8.07. The fraction of sp³-hybridized carbons (Fsp3) is 0.292. The Morgan fingerprint density at radius 3 is 2.77 bits per heavy atom. The molecule has 2 saturated heterocycles. The summed E-state index contributed by atoms with van der Waals surface area (Å²) in [6, 6.07) is 13.2. The quantitative estimate of drug-likeness (QED) is 0.662. The van der Waals surface area contributed by atoms with E-state index in [0.717, 1.165) is 35.3 Å². The Kier molecular flexibility index (Phi) is 5.11. The first-order valence-electron chi connectivity index (χ1n) is 10.4. The number of phenolic OH excluding ortho intramolecular Hbond substituents is 1. The summed E-state index contributed by atoms with van der Waals surface area (Å²) in [5.74, 6) is 1.13. The minimum atomic E-state index is -0.992. The number of nitrogens with zero attached hydrogens (tertiary/aromatic N) is 3. The number of ether oxygens (including phenoxy) is 1. The number of alkyl halides is 1. The molecule has 0 amide bonds. The smallest absolute Gasteiger partial charge is 0.185 e. The van der Waals surface area contributed by atoms with Crippen LogP contribution < -0.4 is 10.1 Å². The molecule has 0 radical (unpaired) electrons. The third-order valence-corrected chi connectivity index (χ3v) is 6.02. The van der Waals surface area contributed by atoms with E-state index in [4.69, 9.17) is 4.74 Å². The van der Waals surface area contributed by atoms with E-state index in [1.54, 1.807) is 31.5 Å². The SMILES string of the molecule is COc1cccc(-c2ccc(-c3ncc(/C=C4\CC5CCC(N5)[C@@H]4F)nn3)c(O)c2)c1. The summed E-state index contributed by atoms with van der Waals surface area (Å²) in [4.78, 5) is 4.35. The molecule has 31 heavy (non-hydrogen) atoms. The van der Waals surface area contributed by atoms with Crippen LogP contribution in [-0.2, 0) is 0 Å². The fourth-order valence-corrected chi connectivity index (χ4v) is 4.40. The average molecular weight is 418 g/mol. The molecular weight excluding hydrogens is 395 g/mol. The standard InChI is InChI=1S/C24H23FN4O2/c1-31-19-4-2-3-14(11-19)15-5-7-20(22(30)12-15)24-26-13-18(28-29-24)10-16-9-17-6-8-21(27-17)23(16)25/h2-5,7,10-13,17,21,23,27,30H,6,8-9H2,1H3/b16-10+/t17?,21?,23-/m1/s1. The molecular formula is C24H23FN4O2. The fourth-order valence-electron chi connectivity index (χ4n) is 4.40. The number of hydrogen-bond donors (Lipinski definition) is 2. The number of benzene rings is 2. The van der Waals surface area contributed by atoms with E-state index in [2.05, 4.69) is 20.5 Å². The van der Waals surface area contributed by atoms with E-state index in [1.807, 2.05) is 30.3 Å². The number of aromatic nitrogens is 3. The van der Waals surface area contributed by atoms with Crippen molar-refractivity contribution in [2.75, 3.05) is 7.11 Å². The van der Waals surface area contributed by atoms with Gasteiger partial charge in [-0.2, -0.15) is 0 Å². The Bertz CT molecular complexity index is 1130. The van der Waals surface area contributed by atoms with Crippen molar-refractivity contribution in [2.24, 2.45) is 0 Å². The summed E-state index contributed by atoms with van der Waals surface area (Å²) >= 11 is 0. The van der Waals surface area contributed by atoms with E-state index in [9.17, 15) is 9.50 Å². The lowest BCUT2D eigenvalue weighted by Gasteiger charge is -2.27. The topological polar surface area (TPSA) is 80.2 Å². The molecule has 2 bridgehead atoms. The third-order valence-electron chi connectivity index (χ3n) is 6.02. The summed E-state index contributed by atoms with van der Waals surface area (Å²) in [5, 5.41) is 22.2. The number of piperidine rings is 1. The molecule has 1 aromatic heterocycles. The van der Waals surface area contributed by atoms with Crippen molar-refractivity contribution in [3.63, 3.8) is 0 Å². The second-order valence-electron chi connectivity index (χ2n) is 8.04. The molecule has 2 aliphatic heterocycles. The van der Waals surface area contributed by atoms with E-state index in [0.29, 0.717) is 29.5 Å². The van der Waals surface area contributed by atoms with Gasteiger partial charge in [-0.15, -0.1) is 10.2 Å². The maximum Gasteiger partial charge on any atom is 0.185 e. The average Bonchev–Trinajstić information content (AvgIpc) is 3.21. The minimum absolute atomic E-state index is 0.0620. The molecule has 7 heteroatoms. The Balaban J connectivity index is 1.38. The summed E-state index contributed by atoms with van der Waals surface area (Å²) in [5.41, 5.74) is 3.54. The highest BCUT2D eigenvalue weighted by atomic mass is 19.1. The number of rotatable bonds is 4. The van der Waals surface area contributed by atoms with Gasteiger partial charge >= 0.3 is 0 Å². The highest BCUT2D eigenvalue weighted by molar-refractivity contribution is 5.73. The van der Waals surface area contributed by atoms with Crippen LogP contribution in [0.15, 0.2) is 54.2 Å². The first-order valence-corrected chi connectivity index (χ1v) is 10.4. The number of phenols is 1. The molecule has 3 aromatic rings. The van der Waals surface area contributed by atoms with E-state index < -0.39 is 6.17 Å². The molecule has 158 valence electrons. The number of aromatic hydroxyl groups is 1. The number of fused-ring (bicyclic) bond motifs is 2. The van der Waals surface area contributed by atoms with Crippen LogP contribution in [0.2, 0.25) is 0 Å². The van der Waals surface area contributed by atoms with Crippen LogP contribution in [0.3, 0.4) is 0 Å². The van der Waals surface area contributed by atoms with Crippen molar-refractivity contribution in [3.05, 3.63) is 59.9 Å². The van der Waals surface area contributed by atoms with E-state index >= 15 is 0 Å². The van der Waals surface area contributed by atoms with Gasteiger partial charge < -0.3 is 15.2 Å². The van der Waals surface area contributed by atoms with Crippen molar-refractivity contribution in [1.29, 1.82) is 0 Å². The molecule has 2 fully saturated rings. The molecule has 5 rings (SSSR count). The van der Waals surface area contributed by atoms with Crippen LogP contribution in [0.1, 0.15) is 25.0 Å². The number of nitrogens with one attached hydrogen (secondary N) is 1. The molecule has 2 unspecified atom stereocenters. The summed E-state index contributed by atoms with van der Waals surface area (Å²) in [6.07, 6.45) is 4.91. The lowest BCUT2D eigenvalue weighted by atomic mass is 9.96. The zero-order chi connectivity index (χ0) is 21.4. The van der Waals surface area contributed by atoms with Gasteiger partial charge in [0.2, 0.25) is 0 Å². The van der Waals surface area contributed by atoms with Crippen molar-refractivity contribution >= 4 is 6.08 Å². The largest absolute Gasteiger partial charge is 0.507 e. The summed E-state index contributed by atoms with van der Waals surface area (Å²) < 4.78 is 19.9. The predicted molar refractivity (Wildman–Crippen MR) is 116 cm³/mol. The number of methoxy groups -OCH3 is 1. The monoisotopic (exact) mass is 418 g/mol. The summed E-state index contributed by atoms with van der Waals surface area (Å²) in [6.45, 7) is 0. The Morgan fingerprint density at radius 1 is 1.13 bits per heavy atom. The van der Waals surface area contributed by atoms with Gasteiger partial charge in [0.15, 0.2) is 5.82 Å². The van der Waals surface area contributed by atoms with E-state index in [1.165, 1.54) is 0 Å². The lowest BCUT2D eigenvalue weighted by molar-refractivity contribution is 0.270. The molecule has 0 aliphatic carbocycles. The zero-order valence-electron chi connectivity index (χ0n) is 17.1. The molecule has 2 aliphatic rings. The predicted octanol–water partition coefficient (Wildman–Crippen LogP) is 4.17. The molecule has 0 saturated carbocycles. The van der Waals surface area contributed by atoms with Gasteiger partial charge in [-0.1, -0.05) is 18.2 Å². The Labute approximate surface area is 179 Å². The number of halogens is 1. The molecule has 6 nitrogen and oxygen atoms in total. The Morgan fingerprint density at radius 2 is 2.00 bits per heavy atom. The Hall–Kier alpha value is -3.32. The number of hydrogen-bond acceptors (Lipinski definition) is 6. The highest BCUT2D eigenvalue weighted by Crippen LogP contribution is 2.34. The van der Waals surface area contributed by atoms with Crippen LogP contribution in [0, 0.1) is 0 Å². The summed E-state index contributed by atoms with van der Waals surface area (Å²) in [7, 11) is 1.62. The highest BCUT2D eigenvalue weighted by Gasteiger charge is 2.38. The molecule has 3 atom stereocenters. The van der Waals surface area contributed by atoms with Gasteiger partial charge in [-0.3, -0.25) is 0 Å². The van der Waals surface area contributed by atoms with Gasteiger partial charge in [-0.25, -0.2) is 9.37 Å². The van der Waals surface area contributed by atoms with Crippen LogP contribution in [0.25, 0.3) is 28.6 Å². The van der Waals surface area contributed by atoms with Gasteiger partial charge in [0.25, 0.3) is 0 Å². The van der Waals surface area contributed by atoms with Gasteiger partial charge in [0.05, 0.1) is 18.9 Å². The van der Waals surface area contributed by atoms with Gasteiger partial charge in [0, 0.05) is 12.1 Å². The van der Waals surface area contributed by atoms with Gasteiger partial charge in [0.1, 0.15) is 23.4 Å². The van der Waals surface area contributed by atoms with Crippen LogP contribution in [0.5, 0.6) is 11.5 Å². The van der Waals surface area contributed by atoms with Crippen LogP contribution >= 0.6 is 0 Å². The lowest BCUT2D eigenvalue weighted by Crippen LogP contribution is -2.42. The van der Waals surface area contributed by atoms with Crippen molar-refractivity contribution in [2.45, 2.75) is 37.5 Å². The third kappa shape index (κ3) is 3.88.